The summed E-state index contributed by atoms with van der Waals surface area (Å²) in [5.74, 6) is -0.357. The van der Waals surface area contributed by atoms with Crippen LogP contribution in [0.25, 0.3) is 0 Å². The van der Waals surface area contributed by atoms with E-state index in [4.69, 9.17) is 40.5 Å². The van der Waals surface area contributed by atoms with Gasteiger partial charge >= 0.3 is 0 Å². The molecule has 0 bridgehead atoms. The average Bonchev–Trinajstić information content (AvgIpc) is 2.35. The highest BCUT2D eigenvalue weighted by Crippen LogP contribution is 2.27. The molecule has 2 aromatic rings. The van der Waals surface area contributed by atoms with E-state index in [2.05, 4.69) is 5.32 Å². The molecule has 0 heterocycles. The van der Waals surface area contributed by atoms with Gasteiger partial charge in [-0.15, -0.1) is 0 Å². The minimum Gasteiger partial charge on any atom is -0.398 e. The molecule has 0 atom stereocenters. The van der Waals surface area contributed by atoms with Crippen molar-refractivity contribution in [1.29, 1.82) is 0 Å². The maximum absolute atomic E-state index is 12.1. The summed E-state index contributed by atoms with van der Waals surface area (Å²) in [6.07, 6.45) is 0. The lowest BCUT2D eigenvalue weighted by Gasteiger charge is -2.10. The van der Waals surface area contributed by atoms with E-state index < -0.39 is 0 Å². The molecule has 104 valence electrons. The third-order valence-corrected chi connectivity index (χ3v) is 3.41. The Morgan fingerprint density at radius 1 is 1.10 bits per heavy atom. The van der Waals surface area contributed by atoms with Crippen LogP contribution in [-0.2, 0) is 6.54 Å². The SMILES string of the molecule is Nc1cc(Cl)cc(Cl)c1C(=O)NCc1cccc(Cl)c1. The predicted molar refractivity (Wildman–Crippen MR) is 83.5 cm³/mol. The van der Waals surface area contributed by atoms with Crippen molar-refractivity contribution in [3.8, 4) is 0 Å². The summed E-state index contributed by atoms with van der Waals surface area (Å²) in [6, 6.07) is 10.2. The lowest BCUT2D eigenvalue weighted by molar-refractivity contribution is 0.0952. The second-order valence-corrected chi connectivity index (χ2v) is 5.44. The zero-order chi connectivity index (χ0) is 14.7. The van der Waals surface area contributed by atoms with Gasteiger partial charge in [0.1, 0.15) is 0 Å². The van der Waals surface area contributed by atoms with Gasteiger partial charge in [-0.25, -0.2) is 0 Å². The van der Waals surface area contributed by atoms with Crippen molar-refractivity contribution in [2.24, 2.45) is 0 Å². The Morgan fingerprint density at radius 2 is 1.85 bits per heavy atom. The maximum Gasteiger partial charge on any atom is 0.255 e. The Kier molecular flexibility index (Phi) is 4.76. The van der Waals surface area contributed by atoms with Gasteiger partial charge in [-0.05, 0) is 29.8 Å². The van der Waals surface area contributed by atoms with Gasteiger partial charge in [0.25, 0.3) is 5.91 Å². The lowest BCUT2D eigenvalue weighted by Crippen LogP contribution is -2.24. The molecule has 0 fully saturated rings. The molecule has 0 spiro atoms. The molecule has 2 rings (SSSR count). The van der Waals surface area contributed by atoms with Crippen molar-refractivity contribution < 1.29 is 4.79 Å². The Balaban J connectivity index is 2.13. The Hall–Kier alpha value is -1.42. The first-order valence-electron chi connectivity index (χ1n) is 5.74. The molecule has 0 aliphatic carbocycles. The Morgan fingerprint density at radius 3 is 2.50 bits per heavy atom. The van der Waals surface area contributed by atoms with Crippen LogP contribution >= 0.6 is 34.8 Å². The number of carbonyl (C=O) groups excluding carboxylic acids is 1. The van der Waals surface area contributed by atoms with Gasteiger partial charge in [0.15, 0.2) is 0 Å². The number of nitrogens with one attached hydrogen (secondary N) is 1. The van der Waals surface area contributed by atoms with Crippen LogP contribution in [0.4, 0.5) is 5.69 Å². The topological polar surface area (TPSA) is 55.1 Å². The smallest absolute Gasteiger partial charge is 0.255 e. The van der Waals surface area contributed by atoms with E-state index in [9.17, 15) is 4.79 Å². The standard InChI is InChI=1S/C14H11Cl3N2O/c15-9-3-1-2-8(4-9)7-19-14(20)13-11(17)5-10(16)6-12(13)18/h1-6H,7,18H2,(H,19,20). The fraction of sp³-hybridized carbons (Fsp3) is 0.0714. The van der Waals surface area contributed by atoms with E-state index in [1.165, 1.54) is 12.1 Å². The number of hydrogen-bond acceptors (Lipinski definition) is 2. The molecule has 1 amide bonds. The van der Waals surface area contributed by atoms with E-state index in [0.29, 0.717) is 16.6 Å². The number of nitrogens with two attached hydrogens (primary N) is 1. The highest BCUT2D eigenvalue weighted by atomic mass is 35.5. The zero-order valence-corrected chi connectivity index (χ0v) is 12.6. The molecule has 0 saturated carbocycles. The van der Waals surface area contributed by atoms with Crippen LogP contribution in [0.2, 0.25) is 15.1 Å². The fourth-order valence-corrected chi connectivity index (χ4v) is 2.56. The Labute approximate surface area is 131 Å². The average molecular weight is 330 g/mol. The largest absolute Gasteiger partial charge is 0.398 e. The highest BCUT2D eigenvalue weighted by molar-refractivity contribution is 6.37. The van der Waals surface area contributed by atoms with Crippen LogP contribution in [0.1, 0.15) is 15.9 Å². The highest BCUT2D eigenvalue weighted by Gasteiger charge is 2.15. The first-order chi connectivity index (χ1) is 9.47. The zero-order valence-electron chi connectivity index (χ0n) is 10.3. The second kappa shape index (κ2) is 6.35. The Bertz CT molecular complexity index is 636. The second-order valence-electron chi connectivity index (χ2n) is 4.16. The van der Waals surface area contributed by atoms with Crippen molar-refractivity contribution in [2.45, 2.75) is 6.54 Å². The maximum atomic E-state index is 12.1. The molecule has 6 heteroatoms. The molecule has 0 aliphatic heterocycles. The number of amides is 1. The van der Waals surface area contributed by atoms with Gasteiger partial charge in [0.05, 0.1) is 10.6 Å². The third kappa shape index (κ3) is 3.57. The van der Waals surface area contributed by atoms with Gasteiger partial charge in [-0.1, -0.05) is 46.9 Å². The van der Waals surface area contributed by atoms with Crippen molar-refractivity contribution in [3.63, 3.8) is 0 Å². The molecular formula is C14H11Cl3N2O. The number of rotatable bonds is 3. The minimum atomic E-state index is -0.357. The van der Waals surface area contributed by atoms with Crippen molar-refractivity contribution >= 4 is 46.4 Å². The van der Waals surface area contributed by atoms with Crippen molar-refractivity contribution in [3.05, 3.63) is 62.6 Å². The summed E-state index contributed by atoms with van der Waals surface area (Å²) < 4.78 is 0. The number of benzene rings is 2. The summed E-state index contributed by atoms with van der Waals surface area (Å²) in [4.78, 5) is 12.1. The molecule has 0 aromatic heterocycles. The molecule has 20 heavy (non-hydrogen) atoms. The number of hydrogen-bond donors (Lipinski definition) is 2. The number of anilines is 1. The molecule has 3 nitrogen and oxygen atoms in total. The molecule has 3 N–H and O–H groups in total. The number of nitrogen functional groups attached to an aromatic ring is 1. The van der Waals surface area contributed by atoms with Gasteiger partial charge in [-0.3, -0.25) is 4.79 Å². The van der Waals surface area contributed by atoms with E-state index in [0.717, 1.165) is 5.56 Å². The molecule has 0 saturated heterocycles. The molecule has 0 unspecified atom stereocenters. The van der Waals surface area contributed by atoms with Crippen LogP contribution in [-0.4, -0.2) is 5.91 Å². The fourth-order valence-electron chi connectivity index (χ4n) is 1.75. The van der Waals surface area contributed by atoms with Crippen LogP contribution in [0, 0.1) is 0 Å². The molecule has 0 aliphatic rings. The number of halogens is 3. The van der Waals surface area contributed by atoms with Gasteiger partial charge in [-0.2, -0.15) is 0 Å². The van der Waals surface area contributed by atoms with Crippen LogP contribution in [0.5, 0.6) is 0 Å². The van der Waals surface area contributed by atoms with Crippen molar-refractivity contribution in [2.75, 3.05) is 5.73 Å². The van der Waals surface area contributed by atoms with Gasteiger partial charge in [0.2, 0.25) is 0 Å². The summed E-state index contributed by atoms with van der Waals surface area (Å²) in [5.41, 5.74) is 7.11. The predicted octanol–water partition coefficient (Wildman–Crippen LogP) is 4.16. The van der Waals surface area contributed by atoms with E-state index in [1.807, 2.05) is 12.1 Å². The van der Waals surface area contributed by atoms with Crippen molar-refractivity contribution in [1.82, 2.24) is 5.32 Å². The summed E-state index contributed by atoms with van der Waals surface area (Å²) in [6.45, 7) is 0.331. The van der Waals surface area contributed by atoms with Gasteiger partial charge in [0, 0.05) is 22.3 Å². The number of carbonyl (C=O) groups is 1. The van der Waals surface area contributed by atoms with E-state index in [1.54, 1.807) is 12.1 Å². The summed E-state index contributed by atoms with van der Waals surface area (Å²) in [5, 5.41) is 3.96. The minimum absolute atomic E-state index is 0.220. The van der Waals surface area contributed by atoms with Crippen LogP contribution in [0.3, 0.4) is 0 Å². The van der Waals surface area contributed by atoms with E-state index >= 15 is 0 Å². The van der Waals surface area contributed by atoms with E-state index in [-0.39, 0.29) is 22.2 Å². The van der Waals surface area contributed by atoms with Crippen LogP contribution in [0.15, 0.2) is 36.4 Å². The first-order valence-corrected chi connectivity index (χ1v) is 6.88. The molecular weight excluding hydrogens is 319 g/mol. The quantitative estimate of drug-likeness (QED) is 0.831. The monoisotopic (exact) mass is 328 g/mol. The molecule has 0 radical (unpaired) electrons. The molecule has 2 aromatic carbocycles. The summed E-state index contributed by atoms with van der Waals surface area (Å²) >= 11 is 17.7. The van der Waals surface area contributed by atoms with Crippen LogP contribution < -0.4 is 11.1 Å². The normalized spacial score (nSPS) is 10.3. The van der Waals surface area contributed by atoms with Gasteiger partial charge < -0.3 is 11.1 Å². The summed E-state index contributed by atoms with van der Waals surface area (Å²) in [7, 11) is 0. The first kappa shape index (κ1) is 15.0. The third-order valence-electron chi connectivity index (χ3n) is 2.65. The lowest BCUT2D eigenvalue weighted by atomic mass is 10.1.